The lowest BCUT2D eigenvalue weighted by molar-refractivity contribution is -0.110. The second-order valence-corrected chi connectivity index (χ2v) is 12.0. The van der Waals surface area contributed by atoms with Crippen LogP contribution in [0.25, 0.3) is 11.6 Å². The Kier molecular flexibility index (Phi) is 6.90. The first-order valence-corrected chi connectivity index (χ1v) is 14.1. The average molecular weight is 555 g/mol. The minimum atomic E-state index is -4.01. The lowest BCUT2D eigenvalue weighted by Gasteiger charge is -2.32. The van der Waals surface area contributed by atoms with E-state index in [0.717, 1.165) is 25.2 Å². The zero-order chi connectivity index (χ0) is 28.1. The molecule has 5 rings (SSSR count). The number of rotatable bonds is 5. The van der Waals surface area contributed by atoms with Gasteiger partial charge in [-0.15, -0.1) is 0 Å². The Bertz CT molecular complexity index is 1640. The molecule has 2 aromatic carbocycles. The first-order chi connectivity index (χ1) is 18.4. The third kappa shape index (κ3) is 5.11. The minimum absolute atomic E-state index is 0.0725. The first kappa shape index (κ1) is 26.8. The van der Waals surface area contributed by atoms with Crippen molar-refractivity contribution >= 4 is 39.0 Å². The molecule has 0 aliphatic carbocycles. The molecular weight excluding hydrogens is 526 g/mol. The molecule has 0 bridgehead atoms. The second-order valence-electron chi connectivity index (χ2n) is 9.97. The Morgan fingerprint density at radius 2 is 1.77 bits per heavy atom. The van der Waals surface area contributed by atoms with Gasteiger partial charge in [-0.3, -0.25) is 9.59 Å². The molecule has 3 aromatic rings. The van der Waals surface area contributed by atoms with E-state index < -0.39 is 33.1 Å². The summed E-state index contributed by atoms with van der Waals surface area (Å²) in [6.07, 6.45) is 1.61. The topological polar surface area (TPSA) is 103 Å². The molecule has 39 heavy (non-hydrogen) atoms. The maximum absolute atomic E-state index is 14.1. The van der Waals surface area contributed by atoms with Gasteiger partial charge in [0.1, 0.15) is 11.6 Å². The van der Waals surface area contributed by atoms with Crippen molar-refractivity contribution in [3.63, 3.8) is 0 Å². The highest BCUT2D eigenvalue weighted by Gasteiger charge is 2.29. The highest BCUT2D eigenvalue weighted by Crippen LogP contribution is 2.36. The molecule has 0 atom stereocenters. The number of fused-ring (bicyclic) bond motifs is 1. The molecule has 2 N–H and O–H groups in total. The number of amides is 2. The number of anilines is 1. The van der Waals surface area contributed by atoms with Crippen molar-refractivity contribution in [2.45, 2.75) is 24.5 Å². The van der Waals surface area contributed by atoms with Gasteiger partial charge < -0.3 is 20.1 Å². The Labute approximate surface area is 225 Å². The van der Waals surface area contributed by atoms with Crippen LogP contribution in [-0.4, -0.2) is 68.2 Å². The van der Waals surface area contributed by atoms with Crippen molar-refractivity contribution in [1.82, 2.24) is 14.8 Å². The van der Waals surface area contributed by atoms with Crippen LogP contribution < -0.4 is 5.32 Å². The number of hydrogen-bond acceptors (Lipinski definition) is 5. The molecule has 11 heteroatoms. The molecule has 0 unspecified atom stereocenters. The van der Waals surface area contributed by atoms with E-state index in [1.165, 1.54) is 18.2 Å². The molecule has 2 aliphatic heterocycles. The van der Waals surface area contributed by atoms with Gasteiger partial charge in [0.2, 0.25) is 0 Å². The lowest BCUT2D eigenvalue weighted by Crippen LogP contribution is -2.47. The number of aromatic amines is 1. The van der Waals surface area contributed by atoms with E-state index >= 15 is 0 Å². The standard InChI is InChI=1S/C28H28F2N4O4S/c1-16-25(31-17(2)26(16)28(36)34-10-8-33(3)9-11-34)14-22-21-13-20(6-7-24(21)32-27(22)35)39(37,38)15-18-4-5-19(29)12-23(18)30/h4-7,12-14,31H,8-11,15H2,1-3H3,(H,32,35). The summed E-state index contributed by atoms with van der Waals surface area (Å²) < 4.78 is 53.6. The van der Waals surface area contributed by atoms with Crippen LogP contribution in [0.5, 0.6) is 0 Å². The van der Waals surface area contributed by atoms with Gasteiger partial charge in [0.25, 0.3) is 11.8 Å². The molecule has 3 heterocycles. The number of halogens is 2. The fourth-order valence-electron chi connectivity index (χ4n) is 4.98. The fraction of sp³-hybridized carbons (Fsp3) is 0.286. The van der Waals surface area contributed by atoms with Crippen LogP contribution >= 0.6 is 0 Å². The highest BCUT2D eigenvalue weighted by atomic mass is 32.2. The van der Waals surface area contributed by atoms with E-state index in [9.17, 15) is 26.8 Å². The molecule has 2 aliphatic rings. The first-order valence-electron chi connectivity index (χ1n) is 12.5. The summed E-state index contributed by atoms with van der Waals surface area (Å²) in [6.45, 7) is 6.46. The summed E-state index contributed by atoms with van der Waals surface area (Å²) in [7, 11) is -2.00. The van der Waals surface area contributed by atoms with Crippen molar-refractivity contribution in [1.29, 1.82) is 0 Å². The van der Waals surface area contributed by atoms with Crippen LogP contribution in [0.1, 0.15) is 38.4 Å². The Hall–Kier alpha value is -3.83. The SMILES string of the molecule is Cc1[nH]c(C=C2C(=O)Nc3ccc(S(=O)(=O)Cc4ccc(F)cc4F)cc32)c(C)c1C(=O)N1CCN(C)CC1. The third-order valence-electron chi connectivity index (χ3n) is 7.26. The fourth-order valence-corrected chi connectivity index (χ4v) is 6.37. The number of nitrogens with zero attached hydrogens (tertiary/aromatic N) is 2. The van der Waals surface area contributed by atoms with Gasteiger partial charge in [-0.05, 0) is 56.8 Å². The van der Waals surface area contributed by atoms with Gasteiger partial charge >= 0.3 is 0 Å². The number of aromatic nitrogens is 1. The van der Waals surface area contributed by atoms with Gasteiger partial charge in [-0.2, -0.15) is 0 Å². The number of likely N-dealkylation sites (N-methyl/N-ethyl adjacent to an activating group) is 1. The smallest absolute Gasteiger partial charge is 0.256 e. The van der Waals surface area contributed by atoms with Crippen molar-refractivity contribution in [2.24, 2.45) is 0 Å². The molecule has 0 spiro atoms. The Morgan fingerprint density at radius 1 is 1.05 bits per heavy atom. The quantitative estimate of drug-likeness (QED) is 0.468. The second kappa shape index (κ2) is 10.0. The van der Waals surface area contributed by atoms with E-state index in [-0.39, 0.29) is 21.9 Å². The predicted molar refractivity (Wildman–Crippen MR) is 144 cm³/mol. The van der Waals surface area contributed by atoms with E-state index in [2.05, 4.69) is 15.2 Å². The van der Waals surface area contributed by atoms with Crippen molar-refractivity contribution in [2.75, 3.05) is 38.5 Å². The number of benzene rings is 2. The summed E-state index contributed by atoms with van der Waals surface area (Å²) in [5.41, 5.74) is 3.40. The number of carbonyl (C=O) groups is 2. The molecule has 1 saturated heterocycles. The lowest BCUT2D eigenvalue weighted by atomic mass is 10.0. The highest BCUT2D eigenvalue weighted by molar-refractivity contribution is 7.90. The maximum atomic E-state index is 14.1. The van der Waals surface area contributed by atoms with Gasteiger partial charge in [-0.1, -0.05) is 6.07 Å². The molecule has 0 radical (unpaired) electrons. The van der Waals surface area contributed by atoms with Crippen LogP contribution in [0.3, 0.4) is 0 Å². The van der Waals surface area contributed by atoms with E-state index in [4.69, 9.17) is 0 Å². The number of hydrogen-bond donors (Lipinski definition) is 2. The van der Waals surface area contributed by atoms with Crippen LogP contribution in [0.2, 0.25) is 0 Å². The van der Waals surface area contributed by atoms with Crippen molar-refractivity contribution in [3.05, 3.63) is 81.7 Å². The molecule has 1 aromatic heterocycles. The maximum Gasteiger partial charge on any atom is 0.256 e. The minimum Gasteiger partial charge on any atom is -0.358 e. The van der Waals surface area contributed by atoms with Crippen molar-refractivity contribution < 1.29 is 26.8 Å². The number of aryl methyl sites for hydroxylation is 1. The Morgan fingerprint density at radius 3 is 2.46 bits per heavy atom. The molecular formula is C28H28F2N4O4S. The van der Waals surface area contributed by atoms with E-state index in [0.29, 0.717) is 52.9 Å². The predicted octanol–water partition coefficient (Wildman–Crippen LogP) is 3.76. The zero-order valence-corrected chi connectivity index (χ0v) is 22.6. The molecule has 1 fully saturated rings. The number of carbonyl (C=O) groups excluding carboxylic acids is 2. The van der Waals surface area contributed by atoms with Crippen LogP contribution in [0.15, 0.2) is 41.3 Å². The summed E-state index contributed by atoms with van der Waals surface area (Å²) in [4.78, 5) is 33.2. The van der Waals surface area contributed by atoms with Gasteiger partial charge in [0.05, 0.1) is 21.8 Å². The summed E-state index contributed by atoms with van der Waals surface area (Å²) in [6, 6.07) is 6.94. The Balaban J connectivity index is 1.47. The third-order valence-corrected chi connectivity index (χ3v) is 8.93. The number of piperazine rings is 1. The summed E-state index contributed by atoms with van der Waals surface area (Å²) in [5.74, 6) is -2.89. The normalized spacial score (nSPS) is 17.0. The zero-order valence-electron chi connectivity index (χ0n) is 21.8. The van der Waals surface area contributed by atoms with Gasteiger partial charge in [0.15, 0.2) is 9.84 Å². The monoisotopic (exact) mass is 554 g/mol. The number of sulfone groups is 1. The largest absolute Gasteiger partial charge is 0.358 e. The molecule has 2 amide bonds. The molecule has 8 nitrogen and oxygen atoms in total. The number of nitrogens with one attached hydrogen (secondary N) is 2. The van der Waals surface area contributed by atoms with Crippen LogP contribution in [0, 0.1) is 25.5 Å². The van der Waals surface area contributed by atoms with Crippen molar-refractivity contribution in [3.8, 4) is 0 Å². The number of H-pyrrole nitrogens is 1. The molecule has 0 saturated carbocycles. The van der Waals surface area contributed by atoms with Crippen LogP contribution in [0.4, 0.5) is 14.5 Å². The van der Waals surface area contributed by atoms with Crippen LogP contribution in [-0.2, 0) is 20.4 Å². The van der Waals surface area contributed by atoms with E-state index in [1.54, 1.807) is 13.0 Å². The van der Waals surface area contributed by atoms with Gasteiger partial charge in [0, 0.05) is 60.4 Å². The van der Waals surface area contributed by atoms with Gasteiger partial charge in [-0.25, -0.2) is 17.2 Å². The molecule has 204 valence electrons. The summed E-state index contributed by atoms with van der Waals surface area (Å²) in [5, 5.41) is 2.73. The summed E-state index contributed by atoms with van der Waals surface area (Å²) >= 11 is 0. The average Bonchev–Trinajstić information content (AvgIpc) is 3.34. The van der Waals surface area contributed by atoms with E-state index in [1.807, 2.05) is 18.9 Å².